The molecule has 1 heterocycles. The summed E-state index contributed by atoms with van der Waals surface area (Å²) in [4.78, 5) is 11.2. The highest BCUT2D eigenvalue weighted by Crippen LogP contribution is 2.32. The molecule has 0 radical (unpaired) electrons. The molecule has 2 aromatic rings. The van der Waals surface area contributed by atoms with Gasteiger partial charge in [-0.25, -0.2) is 0 Å². The number of carbonyl (C=O) groups is 1. The molecule has 0 aliphatic heterocycles. The zero-order chi connectivity index (χ0) is 10.1. The molecule has 14 heavy (non-hydrogen) atoms. The second kappa shape index (κ2) is 3.40. The van der Waals surface area contributed by atoms with Gasteiger partial charge in [0, 0.05) is 10.1 Å². The minimum absolute atomic E-state index is 0.0123. The van der Waals surface area contributed by atoms with Gasteiger partial charge in [0.05, 0.1) is 17.2 Å². The van der Waals surface area contributed by atoms with Gasteiger partial charge in [-0.1, -0.05) is 6.07 Å². The summed E-state index contributed by atoms with van der Waals surface area (Å²) in [6.07, 6.45) is 0.763. The second-order valence-electron chi connectivity index (χ2n) is 2.99. The zero-order valence-corrected chi connectivity index (χ0v) is 8.17. The Labute approximate surface area is 84.8 Å². The van der Waals surface area contributed by atoms with Crippen molar-refractivity contribution in [1.82, 2.24) is 0 Å². The van der Waals surface area contributed by atoms with E-state index in [2.05, 4.69) is 0 Å². The third-order valence-corrected chi connectivity index (χ3v) is 3.22. The fourth-order valence-corrected chi connectivity index (χ4v) is 2.29. The van der Waals surface area contributed by atoms with Gasteiger partial charge in [-0.15, -0.1) is 11.3 Å². The van der Waals surface area contributed by atoms with E-state index in [0.29, 0.717) is 10.6 Å². The predicted molar refractivity (Wildman–Crippen MR) is 57.5 cm³/mol. The molecule has 0 unspecified atom stereocenters. The molecule has 0 aliphatic carbocycles. The monoisotopic (exact) mass is 207 g/mol. The molecule has 3 nitrogen and oxygen atoms in total. The maximum Gasteiger partial charge on any atom is 0.162 e. The SMILES string of the molecule is Nc1c(C=O)sc2ccc(CO)cc12. The fraction of sp³-hybridized carbons (Fsp3) is 0.100. The Bertz CT molecular complexity index is 490. The van der Waals surface area contributed by atoms with E-state index >= 15 is 0 Å². The van der Waals surface area contributed by atoms with Gasteiger partial charge in [0.2, 0.25) is 0 Å². The number of aliphatic hydroxyl groups excluding tert-OH is 1. The number of benzene rings is 1. The molecule has 0 saturated heterocycles. The number of rotatable bonds is 2. The lowest BCUT2D eigenvalue weighted by Gasteiger charge is -1.96. The summed E-state index contributed by atoms with van der Waals surface area (Å²) in [6, 6.07) is 5.51. The van der Waals surface area contributed by atoms with Crippen LogP contribution in [0.4, 0.5) is 5.69 Å². The molecule has 0 fully saturated rings. The number of fused-ring (bicyclic) bond motifs is 1. The van der Waals surface area contributed by atoms with Crippen molar-refractivity contribution in [3.8, 4) is 0 Å². The van der Waals surface area contributed by atoms with Crippen LogP contribution in [0.1, 0.15) is 15.2 Å². The van der Waals surface area contributed by atoms with Gasteiger partial charge < -0.3 is 10.8 Å². The smallest absolute Gasteiger partial charge is 0.162 e. The normalized spacial score (nSPS) is 10.6. The molecular formula is C10H9NO2S. The van der Waals surface area contributed by atoms with Crippen LogP contribution in [0.2, 0.25) is 0 Å². The van der Waals surface area contributed by atoms with Crippen molar-refractivity contribution in [3.63, 3.8) is 0 Å². The average molecular weight is 207 g/mol. The first kappa shape index (κ1) is 9.18. The first-order valence-electron chi connectivity index (χ1n) is 4.13. The molecular weight excluding hydrogens is 198 g/mol. The van der Waals surface area contributed by atoms with E-state index in [1.54, 1.807) is 0 Å². The molecule has 3 N–H and O–H groups in total. The summed E-state index contributed by atoms with van der Waals surface area (Å²) >= 11 is 1.37. The molecule has 0 amide bonds. The highest BCUT2D eigenvalue weighted by molar-refractivity contribution is 7.21. The summed E-state index contributed by atoms with van der Waals surface area (Å²) < 4.78 is 0.974. The number of nitrogens with two attached hydrogens (primary N) is 1. The van der Waals surface area contributed by atoms with Crippen LogP contribution < -0.4 is 5.73 Å². The molecule has 0 bridgehead atoms. The van der Waals surface area contributed by atoms with E-state index in [-0.39, 0.29) is 6.61 Å². The van der Waals surface area contributed by atoms with Gasteiger partial charge in [-0.05, 0) is 17.7 Å². The summed E-state index contributed by atoms with van der Waals surface area (Å²) in [6.45, 7) is -0.0123. The summed E-state index contributed by atoms with van der Waals surface area (Å²) in [5, 5.41) is 9.80. The number of nitrogen functional groups attached to an aromatic ring is 1. The van der Waals surface area contributed by atoms with Crippen molar-refractivity contribution in [2.24, 2.45) is 0 Å². The van der Waals surface area contributed by atoms with Crippen molar-refractivity contribution in [3.05, 3.63) is 28.6 Å². The van der Waals surface area contributed by atoms with Crippen LogP contribution in [0.15, 0.2) is 18.2 Å². The Morgan fingerprint density at radius 2 is 2.29 bits per heavy atom. The van der Waals surface area contributed by atoms with E-state index in [4.69, 9.17) is 10.8 Å². The van der Waals surface area contributed by atoms with Crippen molar-refractivity contribution in [2.45, 2.75) is 6.61 Å². The Hall–Kier alpha value is -1.39. The predicted octanol–water partition coefficient (Wildman–Crippen LogP) is 1.79. The minimum Gasteiger partial charge on any atom is -0.397 e. The molecule has 0 aliphatic rings. The van der Waals surface area contributed by atoms with Crippen molar-refractivity contribution in [1.29, 1.82) is 0 Å². The van der Waals surface area contributed by atoms with E-state index in [9.17, 15) is 4.79 Å². The molecule has 0 atom stereocenters. The van der Waals surface area contributed by atoms with Gasteiger partial charge in [-0.3, -0.25) is 4.79 Å². The number of thiophene rings is 1. The van der Waals surface area contributed by atoms with Crippen LogP contribution >= 0.6 is 11.3 Å². The van der Waals surface area contributed by atoms with Gasteiger partial charge in [0.25, 0.3) is 0 Å². The lowest BCUT2D eigenvalue weighted by atomic mass is 10.1. The lowest BCUT2D eigenvalue weighted by Crippen LogP contribution is -1.87. The molecule has 0 spiro atoms. The molecule has 1 aromatic heterocycles. The number of anilines is 1. The third-order valence-electron chi connectivity index (χ3n) is 2.11. The van der Waals surface area contributed by atoms with E-state index in [0.717, 1.165) is 21.9 Å². The standard InChI is InChI=1S/C10H9NO2S/c11-10-7-3-6(4-12)1-2-8(7)14-9(10)5-13/h1-3,5,12H,4,11H2. The minimum atomic E-state index is -0.0123. The van der Waals surface area contributed by atoms with E-state index in [1.165, 1.54) is 11.3 Å². The Kier molecular flexibility index (Phi) is 2.23. The Balaban J connectivity index is 2.74. The van der Waals surface area contributed by atoms with Gasteiger partial charge in [-0.2, -0.15) is 0 Å². The number of hydrogen-bond acceptors (Lipinski definition) is 4. The van der Waals surface area contributed by atoms with Crippen molar-refractivity contribution in [2.75, 3.05) is 5.73 Å². The second-order valence-corrected chi connectivity index (χ2v) is 4.07. The molecule has 1 aromatic carbocycles. The Morgan fingerprint density at radius 3 is 2.93 bits per heavy atom. The van der Waals surface area contributed by atoms with Crippen LogP contribution in [0.5, 0.6) is 0 Å². The number of carbonyl (C=O) groups excluding carboxylic acids is 1. The maximum absolute atomic E-state index is 10.6. The maximum atomic E-state index is 10.6. The lowest BCUT2D eigenvalue weighted by molar-refractivity contribution is 0.112. The van der Waals surface area contributed by atoms with Crippen molar-refractivity contribution < 1.29 is 9.90 Å². The van der Waals surface area contributed by atoms with Crippen LogP contribution in [0.3, 0.4) is 0 Å². The number of aldehydes is 1. The Morgan fingerprint density at radius 1 is 1.50 bits per heavy atom. The fourth-order valence-electron chi connectivity index (χ4n) is 1.37. The van der Waals surface area contributed by atoms with Crippen molar-refractivity contribution >= 4 is 33.4 Å². The summed E-state index contributed by atoms with van der Waals surface area (Å²) in [5.41, 5.74) is 7.09. The molecule has 4 heteroatoms. The quantitative estimate of drug-likeness (QED) is 0.738. The number of aliphatic hydroxyl groups is 1. The van der Waals surface area contributed by atoms with Gasteiger partial charge in [0.1, 0.15) is 0 Å². The van der Waals surface area contributed by atoms with Crippen LogP contribution in [0.25, 0.3) is 10.1 Å². The van der Waals surface area contributed by atoms with Gasteiger partial charge >= 0.3 is 0 Å². The first-order valence-corrected chi connectivity index (χ1v) is 4.95. The number of hydrogen-bond donors (Lipinski definition) is 2. The highest BCUT2D eigenvalue weighted by Gasteiger charge is 2.08. The average Bonchev–Trinajstić information content (AvgIpc) is 2.55. The van der Waals surface area contributed by atoms with Crippen LogP contribution in [-0.2, 0) is 6.61 Å². The molecule has 2 rings (SSSR count). The van der Waals surface area contributed by atoms with E-state index < -0.39 is 0 Å². The largest absolute Gasteiger partial charge is 0.397 e. The van der Waals surface area contributed by atoms with Crippen LogP contribution in [-0.4, -0.2) is 11.4 Å². The topological polar surface area (TPSA) is 63.3 Å². The first-order chi connectivity index (χ1) is 6.76. The molecule has 0 saturated carbocycles. The molecule has 72 valence electrons. The van der Waals surface area contributed by atoms with Gasteiger partial charge in [0.15, 0.2) is 6.29 Å². The summed E-state index contributed by atoms with van der Waals surface area (Å²) in [5.74, 6) is 0. The third kappa shape index (κ3) is 1.29. The van der Waals surface area contributed by atoms with Crippen LogP contribution in [0, 0.1) is 0 Å². The summed E-state index contributed by atoms with van der Waals surface area (Å²) in [7, 11) is 0. The zero-order valence-electron chi connectivity index (χ0n) is 7.36. The van der Waals surface area contributed by atoms with E-state index in [1.807, 2.05) is 18.2 Å². The highest BCUT2D eigenvalue weighted by atomic mass is 32.1.